The molecule has 0 atom stereocenters. The summed E-state index contributed by atoms with van der Waals surface area (Å²) in [6, 6.07) is 0. The van der Waals surface area contributed by atoms with Gasteiger partial charge >= 0.3 is 3.98 Å². The zero-order valence-electron chi connectivity index (χ0n) is 9.40. The van der Waals surface area contributed by atoms with E-state index in [1.807, 2.05) is 11.3 Å². The summed E-state index contributed by atoms with van der Waals surface area (Å²) in [4.78, 5) is 2.32. The molecule has 0 spiro atoms. The summed E-state index contributed by atoms with van der Waals surface area (Å²) < 4.78 is 8.40. The highest BCUT2D eigenvalue weighted by Crippen LogP contribution is 2.15. The van der Waals surface area contributed by atoms with Crippen molar-refractivity contribution in [2.45, 2.75) is 26.7 Å². The number of anilines is 1. The van der Waals surface area contributed by atoms with Gasteiger partial charge in [-0.2, -0.15) is 4.37 Å². The van der Waals surface area contributed by atoms with Crippen molar-refractivity contribution in [3.63, 3.8) is 0 Å². The first kappa shape index (κ1) is 11.1. The molecule has 15 heavy (non-hydrogen) atoms. The summed E-state index contributed by atoms with van der Waals surface area (Å²) in [5.74, 6) is 0. The lowest BCUT2D eigenvalue weighted by atomic mass is 10.4. The van der Waals surface area contributed by atoms with Crippen molar-refractivity contribution < 1.29 is 0 Å². The summed E-state index contributed by atoms with van der Waals surface area (Å²) in [5.41, 5.74) is 0. The molecule has 0 bridgehead atoms. The predicted octanol–water partition coefficient (Wildman–Crippen LogP) is 1.62. The molecule has 1 aromatic heterocycles. The molecule has 0 aromatic carbocycles. The lowest BCUT2D eigenvalue weighted by molar-refractivity contribution is 0.715. The summed E-state index contributed by atoms with van der Waals surface area (Å²) >= 11 is 3.51. The van der Waals surface area contributed by atoms with Crippen LogP contribution < -0.4 is 13.5 Å². The van der Waals surface area contributed by atoms with Crippen molar-refractivity contribution in [1.29, 1.82) is 0 Å². The van der Waals surface area contributed by atoms with Crippen molar-refractivity contribution in [3.8, 4) is 0 Å². The maximum absolute atomic E-state index is 4.55. The Morgan fingerprint density at radius 2 is 1.93 bits per heavy atom. The fourth-order valence-corrected chi connectivity index (χ4v) is 4.00. The Kier molecular flexibility index (Phi) is 3.75. The van der Waals surface area contributed by atoms with Gasteiger partial charge in [-0.1, -0.05) is 0 Å². The van der Waals surface area contributed by atoms with Crippen LogP contribution in [0.3, 0.4) is 0 Å². The molecule has 0 unspecified atom stereocenters. The molecule has 2 rings (SSSR count). The van der Waals surface area contributed by atoms with E-state index in [0.29, 0.717) is 0 Å². The minimum absolute atomic E-state index is 1.05. The molecule has 0 aliphatic carbocycles. The van der Waals surface area contributed by atoms with Gasteiger partial charge in [0.15, 0.2) is 0 Å². The maximum atomic E-state index is 4.55. The van der Waals surface area contributed by atoms with E-state index < -0.39 is 0 Å². The van der Waals surface area contributed by atoms with E-state index in [1.165, 1.54) is 35.0 Å². The molecule has 0 radical (unpaired) electrons. The van der Waals surface area contributed by atoms with E-state index in [4.69, 9.17) is 0 Å². The third-order valence-electron chi connectivity index (χ3n) is 2.78. The van der Waals surface area contributed by atoms with E-state index in [0.717, 1.165) is 13.1 Å². The van der Waals surface area contributed by atoms with Gasteiger partial charge in [0.1, 0.15) is 13.1 Å². The Morgan fingerprint density at radius 1 is 1.27 bits per heavy atom. The first-order valence-electron chi connectivity index (χ1n) is 5.64. The van der Waals surface area contributed by atoms with Crippen molar-refractivity contribution in [2.24, 2.45) is 0 Å². The molecule has 2 heterocycles. The SMILES string of the molecule is CCN(CC)c1nsc(=[N+]2CCCC2)s1. The van der Waals surface area contributed by atoms with E-state index in [1.54, 1.807) is 11.5 Å². The van der Waals surface area contributed by atoms with E-state index in [9.17, 15) is 0 Å². The monoisotopic (exact) mass is 244 g/mol. The molecule has 1 fully saturated rings. The van der Waals surface area contributed by atoms with Crippen LogP contribution in [0.1, 0.15) is 26.7 Å². The fraction of sp³-hybridized carbons (Fsp3) is 0.800. The Bertz CT molecular complexity index is 368. The van der Waals surface area contributed by atoms with Gasteiger partial charge in [0, 0.05) is 37.5 Å². The predicted molar refractivity (Wildman–Crippen MR) is 67.8 cm³/mol. The van der Waals surface area contributed by atoms with Gasteiger partial charge in [-0.05, 0) is 25.2 Å². The van der Waals surface area contributed by atoms with Gasteiger partial charge in [-0.15, -0.1) is 0 Å². The number of aromatic nitrogens is 1. The van der Waals surface area contributed by atoms with Crippen LogP contribution >= 0.6 is 22.9 Å². The topological polar surface area (TPSA) is 19.1 Å². The molecule has 5 heteroatoms. The lowest BCUT2D eigenvalue weighted by Crippen LogP contribution is -2.23. The molecule has 3 nitrogen and oxygen atoms in total. The van der Waals surface area contributed by atoms with Crippen LogP contribution in [0.15, 0.2) is 0 Å². The number of rotatable bonds is 3. The highest BCUT2D eigenvalue weighted by atomic mass is 32.2. The largest absolute Gasteiger partial charge is 0.348 e. The Morgan fingerprint density at radius 3 is 2.53 bits per heavy atom. The van der Waals surface area contributed by atoms with Crippen LogP contribution in [0.25, 0.3) is 0 Å². The van der Waals surface area contributed by atoms with Gasteiger partial charge in [0.25, 0.3) is 0 Å². The molecule has 1 aliphatic heterocycles. The van der Waals surface area contributed by atoms with Crippen LogP contribution in [0.4, 0.5) is 5.13 Å². The minimum Gasteiger partial charge on any atom is -0.348 e. The van der Waals surface area contributed by atoms with Gasteiger partial charge in [0.05, 0.1) is 0 Å². The maximum Gasteiger partial charge on any atom is 0.335 e. The summed E-state index contributed by atoms with van der Waals surface area (Å²) in [5, 5.41) is 1.19. The average Bonchev–Trinajstić information content (AvgIpc) is 2.89. The van der Waals surface area contributed by atoms with E-state index in [2.05, 4.69) is 27.7 Å². The third-order valence-corrected chi connectivity index (χ3v) is 5.01. The molecule has 1 saturated heterocycles. The van der Waals surface area contributed by atoms with Gasteiger partial charge in [-0.3, -0.25) is 0 Å². The first-order chi connectivity index (χ1) is 7.35. The summed E-state index contributed by atoms with van der Waals surface area (Å²) in [6.07, 6.45) is 2.68. The fourth-order valence-electron chi connectivity index (χ4n) is 1.83. The molecule has 0 saturated carbocycles. The highest BCUT2D eigenvalue weighted by Gasteiger charge is 2.17. The standard InChI is InChI=1S/C10H18N3S2/c1-3-12(4-2)9-11-15-10(14-9)13-7-5-6-8-13/h3-8H2,1-2H3/q+1. The van der Waals surface area contributed by atoms with Gasteiger partial charge in [0.2, 0.25) is 5.13 Å². The number of hydrogen-bond acceptors (Lipinski definition) is 4. The van der Waals surface area contributed by atoms with Crippen LogP contribution in [0, 0.1) is 0 Å². The Balaban J connectivity index is 2.26. The van der Waals surface area contributed by atoms with Crippen molar-refractivity contribution in [1.82, 2.24) is 8.95 Å². The molecule has 0 amide bonds. The first-order valence-corrected chi connectivity index (χ1v) is 7.23. The molecular weight excluding hydrogens is 226 g/mol. The normalized spacial score (nSPS) is 16.0. The van der Waals surface area contributed by atoms with Gasteiger partial charge in [-0.25, -0.2) is 4.58 Å². The average molecular weight is 244 g/mol. The second kappa shape index (κ2) is 5.07. The second-order valence-corrected chi connectivity index (χ2v) is 5.67. The van der Waals surface area contributed by atoms with Crippen LogP contribution in [-0.4, -0.2) is 30.6 Å². The van der Waals surface area contributed by atoms with Crippen LogP contribution in [0.2, 0.25) is 0 Å². The van der Waals surface area contributed by atoms with Crippen molar-refractivity contribution >= 4 is 28.0 Å². The molecule has 0 N–H and O–H groups in total. The Labute approximate surface area is 98.9 Å². The number of nitrogens with zero attached hydrogens (tertiary/aromatic N) is 3. The Hall–Kier alpha value is -0.420. The lowest BCUT2D eigenvalue weighted by Gasteiger charge is -2.15. The van der Waals surface area contributed by atoms with Crippen molar-refractivity contribution in [2.75, 3.05) is 31.1 Å². The minimum atomic E-state index is 1.05. The van der Waals surface area contributed by atoms with E-state index >= 15 is 0 Å². The van der Waals surface area contributed by atoms with Gasteiger partial charge < -0.3 is 4.90 Å². The third kappa shape index (κ3) is 2.39. The summed E-state index contributed by atoms with van der Waals surface area (Å²) in [7, 11) is 0. The second-order valence-electron chi connectivity index (χ2n) is 3.70. The van der Waals surface area contributed by atoms with Crippen LogP contribution in [0.5, 0.6) is 0 Å². The quantitative estimate of drug-likeness (QED) is 0.753. The van der Waals surface area contributed by atoms with E-state index in [-0.39, 0.29) is 0 Å². The zero-order valence-corrected chi connectivity index (χ0v) is 11.0. The number of hydrogen-bond donors (Lipinski definition) is 0. The summed E-state index contributed by atoms with van der Waals surface area (Å²) in [6.45, 7) is 8.91. The molecular formula is C10H18N3S2+. The molecule has 1 aliphatic rings. The molecule has 84 valence electrons. The highest BCUT2D eigenvalue weighted by molar-refractivity contribution is 7.26. The smallest absolute Gasteiger partial charge is 0.335 e. The zero-order chi connectivity index (χ0) is 10.7. The molecule has 1 aromatic rings. The van der Waals surface area contributed by atoms with Crippen LogP contribution in [-0.2, 0) is 0 Å². The van der Waals surface area contributed by atoms with Crippen molar-refractivity contribution in [3.05, 3.63) is 3.98 Å².